The molecule has 1 heterocycles. The second kappa shape index (κ2) is 3.98. The number of carbonyl (C=O) groups excluding carboxylic acids is 2. The van der Waals surface area contributed by atoms with E-state index in [1.165, 1.54) is 0 Å². The molecular weight excluding hydrogens is 184 g/mol. The van der Waals surface area contributed by atoms with Crippen molar-refractivity contribution in [3.63, 3.8) is 0 Å². The third-order valence-electron chi connectivity index (χ3n) is 2.21. The van der Waals surface area contributed by atoms with Crippen molar-refractivity contribution in [2.24, 2.45) is 5.41 Å². The van der Waals surface area contributed by atoms with Crippen molar-refractivity contribution >= 4 is 11.9 Å². The number of carbonyl (C=O) groups is 2. The van der Waals surface area contributed by atoms with E-state index in [9.17, 15) is 9.59 Å². The monoisotopic (exact) mass is 200 g/mol. The Morgan fingerprint density at radius 3 is 2.71 bits per heavy atom. The lowest BCUT2D eigenvalue weighted by molar-refractivity contribution is -0.163. The van der Waals surface area contributed by atoms with Crippen LogP contribution in [0.2, 0.25) is 0 Å². The molecule has 0 aromatic heterocycles. The van der Waals surface area contributed by atoms with Gasteiger partial charge in [-0.05, 0) is 6.42 Å². The van der Waals surface area contributed by atoms with E-state index >= 15 is 0 Å². The Balaban J connectivity index is 2.58. The lowest BCUT2D eigenvalue weighted by atomic mass is 9.90. The van der Waals surface area contributed by atoms with Crippen molar-refractivity contribution in [3.05, 3.63) is 0 Å². The van der Waals surface area contributed by atoms with E-state index in [2.05, 4.69) is 0 Å². The second-order valence-electron chi connectivity index (χ2n) is 4.22. The first kappa shape index (κ1) is 11.0. The van der Waals surface area contributed by atoms with Crippen LogP contribution in [-0.4, -0.2) is 24.6 Å². The highest BCUT2D eigenvalue weighted by Crippen LogP contribution is 2.31. The smallest absolute Gasteiger partial charge is 0.348 e. The van der Waals surface area contributed by atoms with Crippen LogP contribution < -0.4 is 0 Å². The van der Waals surface area contributed by atoms with Crippen molar-refractivity contribution in [2.75, 3.05) is 6.61 Å². The van der Waals surface area contributed by atoms with E-state index in [4.69, 9.17) is 9.47 Å². The zero-order valence-corrected chi connectivity index (χ0v) is 8.83. The quantitative estimate of drug-likeness (QED) is 0.644. The van der Waals surface area contributed by atoms with Gasteiger partial charge in [-0.1, -0.05) is 20.8 Å². The highest BCUT2D eigenvalue weighted by Gasteiger charge is 2.46. The van der Waals surface area contributed by atoms with Crippen LogP contribution in [0.3, 0.4) is 0 Å². The molecule has 0 radical (unpaired) electrons. The lowest BCUT2D eigenvalue weighted by Gasteiger charge is -2.21. The number of hydrogen-bond donors (Lipinski definition) is 0. The highest BCUT2D eigenvalue weighted by molar-refractivity contribution is 5.81. The van der Waals surface area contributed by atoms with Gasteiger partial charge in [0, 0.05) is 11.8 Å². The Morgan fingerprint density at radius 2 is 2.29 bits per heavy atom. The van der Waals surface area contributed by atoms with Gasteiger partial charge in [0.1, 0.15) is 6.61 Å². The molecule has 0 spiro atoms. The zero-order valence-electron chi connectivity index (χ0n) is 8.83. The Hall–Kier alpha value is -1.06. The molecule has 80 valence electrons. The van der Waals surface area contributed by atoms with Crippen LogP contribution in [0, 0.1) is 5.41 Å². The predicted molar refractivity (Wildman–Crippen MR) is 49.5 cm³/mol. The fourth-order valence-electron chi connectivity index (χ4n) is 1.33. The van der Waals surface area contributed by atoms with Crippen molar-refractivity contribution in [3.8, 4) is 0 Å². The third kappa shape index (κ3) is 2.25. The van der Waals surface area contributed by atoms with Gasteiger partial charge in [-0.25, -0.2) is 4.79 Å². The molecule has 0 amide bonds. The molecule has 4 heteroatoms. The Morgan fingerprint density at radius 1 is 1.64 bits per heavy atom. The zero-order chi connectivity index (χ0) is 10.8. The van der Waals surface area contributed by atoms with Gasteiger partial charge in [0.15, 0.2) is 0 Å². The normalized spacial score (nSPS) is 24.5. The first-order valence-corrected chi connectivity index (χ1v) is 4.83. The minimum absolute atomic E-state index is 0.315. The van der Waals surface area contributed by atoms with Gasteiger partial charge < -0.3 is 9.47 Å². The van der Waals surface area contributed by atoms with Crippen molar-refractivity contribution in [2.45, 2.75) is 39.7 Å². The van der Waals surface area contributed by atoms with E-state index in [0.29, 0.717) is 13.0 Å². The maximum atomic E-state index is 11.2. The maximum Gasteiger partial charge on any atom is 0.348 e. The molecule has 0 aromatic carbocycles. The summed E-state index contributed by atoms with van der Waals surface area (Å²) in [5.74, 6) is -0.760. The second-order valence-corrected chi connectivity index (χ2v) is 4.22. The van der Waals surface area contributed by atoms with Gasteiger partial charge in [-0.3, -0.25) is 4.79 Å². The number of ether oxygens (including phenoxy) is 2. The van der Waals surface area contributed by atoms with Gasteiger partial charge in [-0.15, -0.1) is 0 Å². The van der Waals surface area contributed by atoms with E-state index in [0.717, 1.165) is 6.42 Å². The molecule has 0 aromatic rings. The molecule has 1 atom stereocenters. The number of esters is 2. The highest BCUT2D eigenvalue weighted by atomic mass is 16.6. The van der Waals surface area contributed by atoms with Crippen LogP contribution in [0.15, 0.2) is 0 Å². The summed E-state index contributed by atoms with van der Waals surface area (Å²) < 4.78 is 9.91. The van der Waals surface area contributed by atoms with Crippen molar-refractivity contribution < 1.29 is 19.1 Å². The fourth-order valence-corrected chi connectivity index (χ4v) is 1.33. The molecule has 1 fully saturated rings. The molecule has 1 aliphatic heterocycles. The summed E-state index contributed by atoms with van der Waals surface area (Å²) in [6.45, 7) is 5.90. The third-order valence-corrected chi connectivity index (χ3v) is 2.21. The van der Waals surface area contributed by atoms with Gasteiger partial charge in [0.05, 0.1) is 0 Å². The first-order chi connectivity index (χ1) is 6.47. The molecule has 0 saturated carbocycles. The lowest BCUT2D eigenvalue weighted by Crippen LogP contribution is -2.34. The molecule has 1 saturated heterocycles. The largest absolute Gasteiger partial charge is 0.462 e. The first-order valence-electron chi connectivity index (χ1n) is 4.83. The van der Waals surface area contributed by atoms with Gasteiger partial charge in [-0.2, -0.15) is 0 Å². The van der Waals surface area contributed by atoms with E-state index < -0.39 is 17.5 Å². The summed E-state index contributed by atoms with van der Waals surface area (Å²) in [6, 6.07) is 0. The summed E-state index contributed by atoms with van der Waals surface area (Å²) in [6.07, 6.45) is 0.336. The summed E-state index contributed by atoms with van der Waals surface area (Å²) >= 11 is 0. The summed E-state index contributed by atoms with van der Waals surface area (Å²) in [5.41, 5.74) is -0.402. The van der Waals surface area contributed by atoms with Crippen molar-refractivity contribution in [1.82, 2.24) is 0 Å². The Labute approximate surface area is 83.6 Å². The Kier molecular flexibility index (Phi) is 3.13. The standard InChI is InChI=1S/C10H16O4/c1-4-5-7(11)14-8-9(12)13-6-10(8,2)3/h8H,4-6H2,1-3H3. The van der Waals surface area contributed by atoms with Gasteiger partial charge in [0.2, 0.25) is 6.10 Å². The van der Waals surface area contributed by atoms with Crippen LogP contribution in [0.1, 0.15) is 33.6 Å². The average Bonchev–Trinajstić information content (AvgIpc) is 2.32. The molecule has 0 bridgehead atoms. The van der Waals surface area contributed by atoms with Gasteiger partial charge in [0.25, 0.3) is 0 Å². The number of cyclic esters (lactones) is 1. The number of rotatable bonds is 3. The van der Waals surface area contributed by atoms with Crippen LogP contribution in [0.5, 0.6) is 0 Å². The van der Waals surface area contributed by atoms with E-state index in [1.807, 2.05) is 20.8 Å². The predicted octanol–water partition coefficient (Wildman–Crippen LogP) is 1.28. The molecule has 0 N–H and O–H groups in total. The van der Waals surface area contributed by atoms with E-state index in [1.54, 1.807) is 0 Å². The molecule has 1 rings (SSSR count). The summed E-state index contributed by atoms with van der Waals surface area (Å²) in [4.78, 5) is 22.4. The SMILES string of the molecule is CCCC(=O)OC1C(=O)OCC1(C)C. The van der Waals surface area contributed by atoms with Crippen LogP contribution >= 0.6 is 0 Å². The molecule has 1 aliphatic rings. The van der Waals surface area contributed by atoms with Gasteiger partial charge >= 0.3 is 11.9 Å². The maximum absolute atomic E-state index is 11.2. The minimum Gasteiger partial charge on any atom is -0.462 e. The minimum atomic E-state index is -0.735. The van der Waals surface area contributed by atoms with Crippen LogP contribution in [0.25, 0.3) is 0 Å². The number of hydrogen-bond acceptors (Lipinski definition) is 4. The Bertz CT molecular complexity index is 245. The van der Waals surface area contributed by atoms with E-state index in [-0.39, 0.29) is 5.97 Å². The van der Waals surface area contributed by atoms with Crippen LogP contribution in [0.4, 0.5) is 0 Å². The topological polar surface area (TPSA) is 52.6 Å². The average molecular weight is 200 g/mol. The molecule has 4 nitrogen and oxygen atoms in total. The fraction of sp³-hybridized carbons (Fsp3) is 0.800. The molecule has 0 aliphatic carbocycles. The summed E-state index contributed by atoms with van der Waals surface area (Å²) in [5, 5.41) is 0. The molecule has 14 heavy (non-hydrogen) atoms. The molecule has 1 unspecified atom stereocenters. The molecular formula is C10H16O4. The van der Waals surface area contributed by atoms with Crippen molar-refractivity contribution in [1.29, 1.82) is 0 Å². The van der Waals surface area contributed by atoms with Crippen LogP contribution in [-0.2, 0) is 19.1 Å². The summed E-state index contributed by atoms with van der Waals surface area (Å²) in [7, 11) is 0.